The first kappa shape index (κ1) is 10.5. The predicted octanol–water partition coefficient (Wildman–Crippen LogP) is 1.04. The molecular formula is C10H18N2O. The van der Waals surface area contributed by atoms with E-state index in [9.17, 15) is 5.11 Å². The Morgan fingerprint density at radius 2 is 2.15 bits per heavy atom. The van der Waals surface area contributed by atoms with E-state index < -0.39 is 5.60 Å². The molecule has 0 bridgehead atoms. The molecule has 3 heteroatoms. The zero-order valence-electron chi connectivity index (χ0n) is 8.43. The molecule has 0 radical (unpaired) electrons. The van der Waals surface area contributed by atoms with Gasteiger partial charge in [0.05, 0.1) is 11.7 Å². The van der Waals surface area contributed by atoms with Gasteiger partial charge in [-0.15, -0.1) is 0 Å². The number of aliphatic hydroxyl groups is 1. The first-order valence-electron chi connectivity index (χ1n) is 4.78. The van der Waals surface area contributed by atoms with Crippen LogP contribution in [0.3, 0.4) is 0 Å². The van der Waals surface area contributed by atoms with E-state index in [4.69, 9.17) is 5.26 Å². The third-order valence-corrected chi connectivity index (χ3v) is 2.47. The highest BCUT2D eigenvalue weighted by molar-refractivity contribution is 5.00. The van der Waals surface area contributed by atoms with Gasteiger partial charge in [0.15, 0.2) is 0 Å². The highest BCUT2D eigenvalue weighted by atomic mass is 16.3. The van der Waals surface area contributed by atoms with Crippen molar-refractivity contribution >= 4 is 0 Å². The third-order valence-electron chi connectivity index (χ3n) is 2.47. The third kappa shape index (κ3) is 3.75. The molecule has 0 amide bonds. The van der Waals surface area contributed by atoms with Gasteiger partial charge in [-0.1, -0.05) is 0 Å². The summed E-state index contributed by atoms with van der Waals surface area (Å²) in [4.78, 5) is 0. The Bertz CT molecular complexity index is 208. The summed E-state index contributed by atoms with van der Waals surface area (Å²) in [5.74, 6) is 0. The Hall–Kier alpha value is -0.590. The fraction of sp³-hybridized carbons (Fsp3) is 0.900. The molecule has 1 aliphatic rings. The lowest BCUT2D eigenvalue weighted by molar-refractivity contribution is 0.0784. The Balaban J connectivity index is 2.17. The molecule has 0 aromatic carbocycles. The largest absolute Gasteiger partial charge is 0.389 e. The number of hydrogen-bond acceptors (Lipinski definition) is 3. The molecule has 0 unspecified atom stereocenters. The second kappa shape index (κ2) is 3.65. The summed E-state index contributed by atoms with van der Waals surface area (Å²) in [6, 6.07) is 2.22. The summed E-state index contributed by atoms with van der Waals surface area (Å²) in [5.41, 5.74) is -0.414. The van der Waals surface area contributed by atoms with Gasteiger partial charge in [0.25, 0.3) is 0 Å². The van der Waals surface area contributed by atoms with Gasteiger partial charge < -0.3 is 10.4 Å². The molecule has 0 heterocycles. The van der Waals surface area contributed by atoms with Crippen molar-refractivity contribution in [3.8, 4) is 6.07 Å². The van der Waals surface area contributed by atoms with Crippen LogP contribution in [0.4, 0.5) is 0 Å². The Kier molecular flexibility index (Phi) is 2.94. The molecule has 13 heavy (non-hydrogen) atoms. The van der Waals surface area contributed by atoms with E-state index >= 15 is 0 Å². The molecule has 0 saturated heterocycles. The van der Waals surface area contributed by atoms with Gasteiger partial charge in [-0.2, -0.15) is 5.26 Å². The number of nitrogens with zero attached hydrogens (tertiary/aromatic N) is 1. The molecule has 1 rings (SSSR count). The average molecular weight is 182 g/mol. The second-order valence-electron chi connectivity index (χ2n) is 4.75. The monoisotopic (exact) mass is 182 g/mol. The van der Waals surface area contributed by atoms with Crippen LogP contribution < -0.4 is 5.32 Å². The maximum atomic E-state index is 9.44. The number of nitriles is 1. The Labute approximate surface area is 79.8 Å². The molecule has 0 spiro atoms. The highest BCUT2D eigenvalue weighted by Gasteiger charge is 2.41. The van der Waals surface area contributed by atoms with Gasteiger partial charge in [0.1, 0.15) is 0 Å². The highest BCUT2D eigenvalue weighted by Crippen LogP contribution is 2.47. The minimum atomic E-state index is -0.650. The lowest BCUT2D eigenvalue weighted by Gasteiger charge is -2.20. The van der Waals surface area contributed by atoms with Crippen LogP contribution in [-0.2, 0) is 0 Å². The number of hydrogen-bond donors (Lipinski definition) is 2. The predicted molar refractivity (Wildman–Crippen MR) is 51.1 cm³/mol. The number of rotatable bonds is 5. The van der Waals surface area contributed by atoms with E-state index in [1.165, 1.54) is 0 Å². The van der Waals surface area contributed by atoms with Crippen molar-refractivity contribution in [2.45, 2.75) is 38.7 Å². The van der Waals surface area contributed by atoms with Gasteiger partial charge in [-0.05, 0) is 32.1 Å². The van der Waals surface area contributed by atoms with Crippen LogP contribution in [0.1, 0.15) is 33.1 Å². The van der Waals surface area contributed by atoms with E-state index in [-0.39, 0.29) is 5.41 Å². The smallest absolute Gasteiger partial charge is 0.0715 e. The van der Waals surface area contributed by atoms with Crippen molar-refractivity contribution in [3.05, 3.63) is 0 Å². The van der Waals surface area contributed by atoms with Crippen molar-refractivity contribution in [1.82, 2.24) is 5.32 Å². The zero-order chi connectivity index (χ0) is 9.95. The van der Waals surface area contributed by atoms with Crippen molar-refractivity contribution < 1.29 is 5.11 Å². The van der Waals surface area contributed by atoms with Crippen LogP contribution in [0.2, 0.25) is 0 Å². The van der Waals surface area contributed by atoms with Crippen LogP contribution in [0.5, 0.6) is 0 Å². The van der Waals surface area contributed by atoms with Crippen LogP contribution in [0.15, 0.2) is 0 Å². The zero-order valence-corrected chi connectivity index (χ0v) is 8.43. The van der Waals surface area contributed by atoms with Gasteiger partial charge in [-0.3, -0.25) is 0 Å². The van der Waals surface area contributed by atoms with Crippen LogP contribution in [-0.4, -0.2) is 23.8 Å². The number of nitrogens with one attached hydrogen (secondary N) is 1. The molecule has 0 aromatic heterocycles. The summed E-state index contributed by atoms with van der Waals surface area (Å²) in [7, 11) is 0. The Morgan fingerprint density at radius 1 is 1.54 bits per heavy atom. The van der Waals surface area contributed by atoms with Gasteiger partial charge in [0, 0.05) is 19.5 Å². The normalized spacial score (nSPS) is 19.5. The van der Waals surface area contributed by atoms with E-state index in [2.05, 4.69) is 11.4 Å². The first-order valence-corrected chi connectivity index (χ1v) is 4.78. The van der Waals surface area contributed by atoms with Crippen molar-refractivity contribution in [2.24, 2.45) is 5.41 Å². The summed E-state index contributed by atoms with van der Waals surface area (Å²) in [6.45, 7) is 5.03. The fourth-order valence-corrected chi connectivity index (χ4v) is 1.39. The quantitative estimate of drug-likeness (QED) is 0.668. The summed E-state index contributed by atoms with van der Waals surface area (Å²) in [5, 5.41) is 21.2. The minimum absolute atomic E-state index is 0.236. The van der Waals surface area contributed by atoms with Gasteiger partial charge in [0.2, 0.25) is 0 Å². The molecule has 0 aliphatic heterocycles. The molecule has 2 N–H and O–H groups in total. The van der Waals surface area contributed by atoms with Crippen molar-refractivity contribution in [3.63, 3.8) is 0 Å². The first-order chi connectivity index (χ1) is 5.97. The maximum Gasteiger partial charge on any atom is 0.0715 e. The lowest BCUT2D eigenvalue weighted by atomic mass is 10.0. The molecule has 0 aromatic rings. The van der Waals surface area contributed by atoms with E-state index in [1.807, 2.05) is 0 Å². The summed E-state index contributed by atoms with van der Waals surface area (Å²) >= 11 is 0. The summed E-state index contributed by atoms with van der Waals surface area (Å²) < 4.78 is 0. The van der Waals surface area contributed by atoms with Crippen molar-refractivity contribution in [2.75, 3.05) is 13.1 Å². The van der Waals surface area contributed by atoms with Crippen LogP contribution in [0, 0.1) is 16.7 Å². The Morgan fingerprint density at radius 3 is 2.54 bits per heavy atom. The lowest BCUT2D eigenvalue weighted by Crippen LogP contribution is -2.37. The second-order valence-corrected chi connectivity index (χ2v) is 4.75. The minimum Gasteiger partial charge on any atom is -0.389 e. The molecule has 3 nitrogen and oxygen atoms in total. The average Bonchev–Trinajstić information content (AvgIpc) is 2.67. The van der Waals surface area contributed by atoms with Crippen LogP contribution in [0.25, 0.3) is 0 Å². The van der Waals surface area contributed by atoms with E-state index in [1.54, 1.807) is 13.8 Å². The van der Waals surface area contributed by atoms with E-state index in [0.29, 0.717) is 13.0 Å². The maximum absolute atomic E-state index is 9.44. The molecule has 1 saturated carbocycles. The summed E-state index contributed by atoms with van der Waals surface area (Å²) in [6.07, 6.45) is 2.95. The molecule has 1 aliphatic carbocycles. The topological polar surface area (TPSA) is 56.0 Å². The standard InChI is InChI=1S/C10H18N2O/c1-9(2,13)7-12-8-10(3-4-10)5-6-11/h12-13H,3-5,7-8H2,1-2H3. The van der Waals surface area contributed by atoms with E-state index in [0.717, 1.165) is 19.4 Å². The molecular weight excluding hydrogens is 164 g/mol. The van der Waals surface area contributed by atoms with Crippen molar-refractivity contribution in [1.29, 1.82) is 5.26 Å². The molecule has 1 fully saturated rings. The fourth-order valence-electron chi connectivity index (χ4n) is 1.39. The molecule has 74 valence electrons. The van der Waals surface area contributed by atoms with Gasteiger partial charge >= 0.3 is 0 Å². The van der Waals surface area contributed by atoms with Gasteiger partial charge in [-0.25, -0.2) is 0 Å². The van der Waals surface area contributed by atoms with Crippen LogP contribution >= 0.6 is 0 Å². The SMILES string of the molecule is CC(C)(O)CNCC1(CC#N)CC1. The molecule has 0 atom stereocenters.